The Morgan fingerprint density at radius 2 is 1.72 bits per heavy atom. The average Bonchev–Trinajstić information content (AvgIpc) is 3.12. The van der Waals surface area contributed by atoms with Gasteiger partial charge in [0, 0.05) is 31.1 Å². The Kier molecular flexibility index (Phi) is 7.18. The predicted octanol–water partition coefficient (Wildman–Crippen LogP) is 3.63. The minimum Gasteiger partial charge on any atom is -0.323 e. The van der Waals surface area contributed by atoms with Gasteiger partial charge in [-0.15, -0.1) is 0 Å². The number of hydrogen-bond acceptors (Lipinski definition) is 6. The van der Waals surface area contributed by atoms with E-state index in [1.165, 1.54) is 28.6 Å². The highest BCUT2D eigenvalue weighted by molar-refractivity contribution is 7.89. The van der Waals surface area contributed by atoms with Crippen molar-refractivity contribution in [1.29, 1.82) is 0 Å². The van der Waals surface area contributed by atoms with Crippen LogP contribution in [-0.2, 0) is 21.4 Å². The quantitative estimate of drug-likeness (QED) is 0.378. The van der Waals surface area contributed by atoms with Crippen molar-refractivity contribution in [2.75, 3.05) is 18.4 Å². The first-order chi connectivity index (χ1) is 17.1. The zero-order chi connectivity index (χ0) is 26.0. The first-order valence-electron chi connectivity index (χ1n) is 11.4. The maximum Gasteiger partial charge on any atom is 0.269 e. The Balaban J connectivity index is 1.38. The first kappa shape index (κ1) is 25.5. The summed E-state index contributed by atoms with van der Waals surface area (Å²) in [6.07, 6.45) is 0.694. The van der Waals surface area contributed by atoms with E-state index in [1.54, 1.807) is 23.7 Å². The predicted molar refractivity (Wildman–Crippen MR) is 130 cm³/mol. The normalized spacial score (nSPS) is 15.1. The van der Waals surface area contributed by atoms with Gasteiger partial charge in [-0.1, -0.05) is 12.1 Å². The molecule has 36 heavy (non-hydrogen) atoms. The SMILES string of the molecule is Cc1nn(Cc2ccc(F)cc2)c(C)c1NC(=O)C1CCN(S(=O)(=O)c2ccc([N+](=O)[O-])cc2)CC1. The smallest absolute Gasteiger partial charge is 0.269 e. The number of carbonyl (C=O) groups excluding carboxylic acids is 1. The highest BCUT2D eigenvalue weighted by Crippen LogP contribution is 2.27. The largest absolute Gasteiger partial charge is 0.323 e. The Bertz CT molecular complexity index is 1380. The van der Waals surface area contributed by atoms with Gasteiger partial charge in [-0.3, -0.25) is 19.6 Å². The van der Waals surface area contributed by atoms with Gasteiger partial charge in [0.25, 0.3) is 5.69 Å². The molecule has 1 aromatic heterocycles. The third-order valence-electron chi connectivity index (χ3n) is 6.39. The van der Waals surface area contributed by atoms with E-state index in [2.05, 4.69) is 10.4 Å². The number of carbonyl (C=O) groups is 1. The van der Waals surface area contributed by atoms with Crippen LogP contribution in [0.2, 0.25) is 0 Å². The lowest BCUT2D eigenvalue weighted by atomic mass is 9.97. The summed E-state index contributed by atoms with van der Waals surface area (Å²) in [5, 5.41) is 18.3. The van der Waals surface area contributed by atoms with Crippen LogP contribution < -0.4 is 5.32 Å². The molecule has 4 rings (SSSR count). The number of nitrogens with zero attached hydrogens (tertiary/aromatic N) is 4. The van der Waals surface area contributed by atoms with E-state index in [0.29, 0.717) is 30.8 Å². The summed E-state index contributed by atoms with van der Waals surface area (Å²) in [6, 6.07) is 10.9. The summed E-state index contributed by atoms with van der Waals surface area (Å²) in [5.41, 5.74) is 2.73. The molecule has 0 bridgehead atoms. The summed E-state index contributed by atoms with van der Waals surface area (Å²) < 4.78 is 42.1. The van der Waals surface area contributed by atoms with Crippen molar-refractivity contribution in [3.05, 3.63) is 81.4 Å². The van der Waals surface area contributed by atoms with Gasteiger partial charge in [0.2, 0.25) is 15.9 Å². The molecule has 12 heteroatoms. The Labute approximate surface area is 207 Å². The number of benzene rings is 2. The number of halogens is 1. The van der Waals surface area contributed by atoms with Crippen LogP contribution in [0.5, 0.6) is 0 Å². The standard InChI is InChI=1S/C24H26FN5O5S/c1-16-23(17(2)29(27-16)15-18-3-5-20(25)6-4-18)26-24(31)19-11-13-28(14-12-19)36(34,35)22-9-7-21(8-10-22)30(32)33/h3-10,19H,11-15H2,1-2H3,(H,26,31). The zero-order valence-electron chi connectivity index (χ0n) is 19.8. The topological polar surface area (TPSA) is 127 Å². The van der Waals surface area contributed by atoms with Crippen molar-refractivity contribution >= 4 is 27.3 Å². The Morgan fingerprint density at radius 1 is 1.11 bits per heavy atom. The van der Waals surface area contributed by atoms with Gasteiger partial charge >= 0.3 is 0 Å². The van der Waals surface area contributed by atoms with Crippen LogP contribution >= 0.6 is 0 Å². The molecule has 10 nitrogen and oxygen atoms in total. The molecule has 0 aliphatic carbocycles. The summed E-state index contributed by atoms with van der Waals surface area (Å²) >= 11 is 0. The molecule has 0 unspecified atom stereocenters. The number of aromatic nitrogens is 2. The number of amides is 1. The van der Waals surface area contributed by atoms with E-state index in [4.69, 9.17) is 0 Å². The number of hydrogen-bond donors (Lipinski definition) is 1. The molecule has 190 valence electrons. The van der Waals surface area contributed by atoms with E-state index in [0.717, 1.165) is 23.4 Å². The number of nitro groups is 1. The molecule has 0 radical (unpaired) electrons. The van der Waals surface area contributed by atoms with Gasteiger partial charge in [-0.05, 0) is 56.5 Å². The van der Waals surface area contributed by atoms with Gasteiger partial charge in [0.1, 0.15) is 5.82 Å². The van der Waals surface area contributed by atoms with Crippen LogP contribution in [0.4, 0.5) is 15.8 Å². The van der Waals surface area contributed by atoms with E-state index in [9.17, 15) is 27.7 Å². The second-order valence-corrected chi connectivity index (χ2v) is 10.7. The number of piperidine rings is 1. The molecule has 0 spiro atoms. The summed E-state index contributed by atoms with van der Waals surface area (Å²) in [7, 11) is -3.81. The highest BCUT2D eigenvalue weighted by atomic mass is 32.2. The fraction of sp³-hybridized carbons (Fsp3) is 0.333. The minimum atomic E-state index is -3.81. The molecule has 1 saturated heterocycles. The van der Waals surface area contributed by atoms with E-state index >= 15 is 0 Å². The van der Waals surface area contributed by atoms with Crippen molar-refractivity contribution in [2.24, 2.45) is 5.92 Å². The van der Waals surface area contributed by atoms with Crippen molar-refractivity contribution in [2.45, 2.75) is 38.1 Å². The summed E-state index contributed by atoms with van der Waals surface area (Å²) in [5.74, 6) is -0.880. The molecule has 2 aromatic carbocycles. The molecular weight excluding hydrogens is 489 g/mol. The van der Waals surface area contributed by atoms with Gasteiger partial charge in [0.05, 0.1) is 33.4 Å². The lowest BCUT2D eigenvalue weighted by Gasteiger charge is -2.30. The van der Waals surface area contributed by atoms with Gasteiger partial charge < -0.3 is 5.32 Å². The van der Waals surface area contributed by atoms with Crippen molar-refractivity contribution in [3.63, 3.8) is 0 Å². The monoisotopic (exact) mass is 515 g/mol. The van der Waals surface area contributed by atoms with Crippen LogP contribution in [0, 0.1) is 35.7 Å². The van der Waals surface area contributed by atoms with E-state index in [1.807, 2.05) is 6.92 Å². The molecular formula is C24H26FN5O5S. The minimum absolute atomic E-state index is 0.0178. The Morgan fingerprint density at radius 3 is 2.31 bits per heavy atom. The van der Waals surface area contributed by atoms with E-state index < -0.39 is 14.9 Å². The second kappa shape index (κ2) is 10.2. The first-order valence-corrected chi connectivity index (χ1v) is 12.8. The summed E-state index contributed by atoms with van der Waals surface area (Å²) in [4.78, 5) is 23.2. The second-order valence-electron chi connectivity index (χ2n) is 8.75. The summed E-state index contributed by atoms with van der Waals surface area (Å²) in [6.45, 7) is 4.40. The maximum atomic E-state index is 13.2. The molecule has 2 heterocycles. The molecule has 1 N–H and O–H groups in total. The number of non-ortho nitro benzene ring substituents is 1. The third kappa shape index (κ3) is 5.29. The molecule has 1 fully saturated rings. The van der Waals surface area contributed by atoms with Crippen LogP contribution in [0.1, 0.15) is 29.8 Å². The van der Waals surface area contributed by atoms with Gasteiger partial charge in [0.15, 0.2) is 0 Å². The van der Waals surface area contributed by atoms with Crippen molar-refractivity contribution in [3.8, 4) is 0 Å². The molecule has 1 aliphatic heterocycles. The van der Waals surface area contributed by atoms with E-state index in [-0.39, 0.29) is 41.3 Å². The van der Waals surface area contributed by atoms with Gasteiger partial charge in [-0.2, -0.15) is 9.40 Å². The number of rotatable bonds is 7. The lowest BCUT2D eigenvalue weighted by molar-refractivity contribution is -0.384. The number of sulfonamides is 1. The van der Waals surface area contributed by atoms with Crippen LogP contribution in [0.25, 0.3) is 0 Å². The molecule has 0 saturated carbocycles. The average molecular weight is 516 g/mol. The van der Waals surface area contributed by atoms with Crippen molar-refractivity contribution < 1.29 is 22.5 Å². The number of nitro benzene ring substituents is 1. The molecule has 3 aromatic rings. The number of anilines is 1. The van der Waals surface area contributed by atoms with Crippen LogP contribution in [0.15, 0.2) is 53.4 Å². The third-order valence-corrected chi connectivity index (χ3v) is 8.30. The van der Waals surface area contributed by atoms with Crippen LogP contribution in [-0.4, -0.2) is 46.4 Å². The fourth-order valence-electron chi connectivity index (χ4n) is 4.27. The lowest BCUT2D eigenvalue weighted by Crippen LogP contribution is -2.41. The Hall–Kier alpha value is -3.64. The molecule has 1 amide bonds. The van der Waals surface area contributed by atoms with Crippen LogP contribution in [0.3, 0.4) is 0 Å². The highest BCUT2D eigenvalue weighted by Gasteiger charge is 2.33. The molecule has 1 aliphatic rings. The van der Waals surface area contributed by atoms with Gasteiger partial charge in [-0.25, -0.2) is 12.8 Å². The number of nitrogens with one attached hydrogen (secondary N) is 1. The number of aryl methyl sites for hydroxylation is 1. The fourth-order valence-corrected chi connectivity index (χ4v) is 5.74. The zero-order valence-corrected chi connectivity index (χ0v) is 20.7. The maximum absolute atomic E-state index is 13.2. The van der Waals surface area contributed by atoms with Crippen molar-refractivity contribution in [1.82, 2.24) is 14.1 Å². The molecule has 0 atom stereocenters.